The van der Waals surface area contributed by atoms with Gasteiger partial charge < -0.3 is 9.42 Å². The van der Waals surface area contributed by atoms with Crippen LogP contribution >= 0.6 is 0 Å². The van der Waals surface area contributed by atoms with Gasteiger partial charge in [-0.1, -0.05) is 30.3 Å². The van der Waals surface area contributed by atoms with Crippen molar-refractivity contribution in [1.82, 2.24) is 10.1 Å². The molecule has 23 heavy (non-hydrogen) atoms. The van der Waals surface area contributed by atoms with Crippen LogP contribution in [0.1, 0.15) is 49.2 Å². The summed E-state index contributed by atoms with van der Waals surface area (Å²) in [5.74, 6) is 0.469. The number of benzene rings is 1. The van der Waals surface area contributed by atoms with Crippen LogP contribution in [0.4, 0.5) is 4.39 Å². The van der Waals surface area contributed by atoms with E-state index in [9.17, 15) is 9.18 Å². The van der Waals surface area contributed by atoms with Crippen LogP contribution in [0.3, 0.4) is 0 Å². The number of halogens is 1. The fourth-order valence-electron chi connectivity index (χ4n) is 3.13. The van der Waals surface area contributed by atoms with Crippen LogP contribution in [-0.2, 0) is 17.6 Å². The van der Waals surface area contributed by atoms with Crippen LogP contribution in [0.5, 0.6) is 0 Å². The standard InChI is InChI=1S/C18H21FN2O2/c1-2-6-14-12-16(20-23-14)17-9-5-10-21(17)18(22)11-13-7-3-4-8-15(13)19/h3-4,7-8,12,17H,2,5-6,9-11H2,1H3/t17-/m1/s1. The monoisotopic (exact) mass is 316 g/mol. The number of amides is 1. The lowest BCUT2D eigenvalue weighted by atomic mass is 10.1. The molecule has 5 heteroatoms. The zero-order valence-electron chi connectivity index (χ0n) is 13.3. The SMILES string of the molecule is CCCc1cc([C@H]2CCCN2C(=O)Cc2ccccc2F)no1. The zero-order chi connectivity index (χ0) is 16.2. The van der Waals surface area contributed by atoms with Gasteiger partial charge in [-0.2, -0.15) is 0 Å². The molecule has 1 fully saturated rings. The Morgan fingerprint density at radius 1 is 1.43 bits per heavy atom. The summed E-state index contributed by atoms with van der Waals surface area (Å²) in [6, 6.07) is 8.33. The third-order valence-electron chi connectivity index (χ3n) is 4.29. The number of hydrogen-bond donors (Lipinski definition) is 0. The summed E-state index contributed by atoms with van der Waals surface area (Å²) in [4.78, 5) is 14.4. The quantitative estimate of drug-likeness (QED) is 0.845. The molecule has 1 aromatic carbocycles. The average molecular weight is 316 g/mol. The molecule has 0 aliphatic carbocycles. The highest BCUT2D eigenvalue weighted by Gasteiger charge is 2.32. The molecule has 2 heterocycles. The molecule has 4 nitrogen and oxygen atoms in total. The third kappa shape index (κ3) is 3.44. The molecule has 0 unspecified atom stereocenters. The van der Waals surface area contributed by atoms with Gasteiger partial charge in [-0.25, -0.2) is 4.39 Å². The van der Waals surface area contributed by atoms with Gasteiger partial charge in [-0.05, 0) is 30.9 Å². The smallest absolute Gasteiger partial charge is 0.227 e. The second-order valence-electron chi connectivity index (χ2n) is 5.98. The Labute approximate surface area is 135 Å². The van der Waals surface area contributed by atoms with E-state index in [2.05, 4.69) is 12.1 Å². The number of aromatic nitrogens is 1. The predicted molar refractivity (Wildman–Crippen MR) is 84.3 cm³/mol. The van der Waals surface area contributed by atoms with E-state index in [0.29, 0.717) is 12.1 Å². The van der Waals surface area contributed by atoms with Crippen LogP contribution in [0.2, 0.25) is 0 Å². The minimum atomic E-state index is -0.330. The molecule has 1 saturated heterocycles. The number of carbonyl (C=O) groups excluding carboxylic acids is 1. The van der Waals surface area contributed by atoms with E-state index in [1.54, 1.807) is 23.1 Å². The predicted octanol–water partition coefficient (Wildman–Crippen LogP) is 3.67. The van der Waals surface area contributed by atoms with Crippen molar-refractivity contribution in [1.29, 1.82) is 0 Å². The lowest BCUT2D eigenvalue weighted by Crippen LogP contribution is -2.32. The van der Waals surface area contributed by atoms with Gasteiger partial charge in [0.25, 0.3) is 0 Å². The maximum absolute atomic E-state index is 13.7. The number of carbonyl (C=O) groups is 1. The maximum Gasteiger partial charge on any atom is 0.227 e. The summed E-state index contributed by atoms with van der Waals surface area (Å²) in [7, 11) is 0. The van der Waals surface area contributed by atoms with Gasteiger partial charge in [0.05, 0.1) is 12.5 Å². The van der Waals surface area contributed by atoms with Crippen molar-refractivity contribution in [2.45, 2.75) is 45.1 Å². The van der Waals surface area contributed by atoms with Crippen LogP contribution in [0.25, 0.3) is 0 Å². The third-order valence-corrected chi connectivity index (χ3v) is 4.29. The van der Waals surface area contributed by atoms with Crippen molar-refractivity contribution in [2.24, 2.45) is 0 Å². The van der Waals surface area contributed by atoms with E-state index in [1.807, 2.05) is 6.07 Å². The molecule has 1 amide bonds. The topological polar surface area (TPSA) is 46.3 Å². The highest BCUT2D eigenvalue weighted by molar-refractivity contribution is 5.79. The van der Waals surface area contributed by atoms with Gasteiger partial charge in [0.2, 0.25) is 5.91 Å². The van der Waals surface area contributed by atoms with E-state index in [-0.39, 0.29) is 24.2 Å². The molecular weight excluding hydrogens is 295 g/mol. The minimum absolute atomic E-state index is 0.0522. The second-order valence-corrected chi connectivity index (χ2v) is 5.98. The minimum Gasteiger partial charge on any atom is -0.361 e. The second kappa shape index (κ2) is 6.94. The van der Waals surface area contributed by atoms with Crippen molar-refractivity contribution in [3.05, 3.63) is 53.2 Å². The fourth-order valence-corrected chi connectivity index (χ4v) is 3.13. The van der Waals surface area contributed by atoms with Crippen molar-refractivity contribution >= 4 is 5.91 Å². The first-order valence-corrected chi connectivity index (χ1v) is 8.17. The Hall–Kier alpha value is -2.17. The Morgan fingerprint density at radius 2 is 2.26 bits per heavy atom. The molecule has 1 aliphatic rings. The molecule has 1 atom stereocenters. The normalized spacial score (nSPS) is 17.7. The molecule has 0 spiro atoms. The molecule has 0 bridgehead atoms. The van der Waals surface area contributed by atoms with E-state index >= 15 is 0 Å². The summed E-state index contributed by atoms with van der Waals surface area (Å²) in [6.45, 7) is 2.77. The first-order valence-electron chi connectivity index (χ1n) is 8.17. The molecule has 3 rings (SSSR count). The van der Waals surface area contributed by atoms with Crippen molar-refractivity contribution in [3.8, 4) is 0 Å². The van der Waals surface area contributed by atoms with Gasteiger partial charge in [0.15, 0.2) is 0 Å². The highest BCUT2D eigenvalue weighted by atomic mass is 19.1. The maximum atomic E-state index is 13.7. The summed E-state index contributed by atoms with van der Waals surface area (Å²) < 4.78 is 19.1. The van der Waals surface area contributed by atoms with E-state index in [0.717, 1.165) is 37.1 Å². The Morgan fingerprint density at radius 3 is 3.04 bits per heavy atom. The lowest BCUT2D eigenvalue weighted by molar-refractivity contribution is -0.131. The molecule has 0 saturated carbocycles. The number of likely N-dealkylation sites (tertiary alicyclic amines) is 1. The van der Waals surface area contributed by atoms with Gasteiger partial charge in [-0.3, -0.25) is 4.79 Å². The summed E-state index contributed by atoms with van der Waals surface area (Å²) in [5.41, 5.74) is 1.25. The number of aryl methyl sites for hydroxylation is 1. The van der Waals surface area contributed by atoms with Crippen molar-refractivity contribution in [3.63, 3.8) is 0 Å². The largest absolute Gasteiger partial charge is 0.361 e. The Kier molecular flexibility index (Phi) is 4.74. The van der Waals surface area contributed by atoms with Crippen LogP contribution < -0.4 is 0 Å². The van der Waals surface area contributed by atoms with Crippen LogP contribution in [-0.4, -0.2) is 22.5 Å². The molecule has 0 radical (unpaired) electrons. The summed E-state index contributed by atoms with van der Waals surface area (Å²) >= 11 is 0. The van der Waals surface area contributed by atoms with Gasteiger partial charge >= 0.3 is 0 Å². The molecule has 2 aromatic rings. The molecule has 122 valence electrons. The molecular formula is C18H21FN2O2. The van der Waals surface area contributed by atoms with Crippen LogP contribution in [0, 0.1) is 5.82 Å². The van der Waals surface area contributed by atoms with Crippen LogP contribution in [0.15, 0.2) is 34.9 Å². The fraction of sp³-hybridized carbons (Fsp3) is 0.444. The van der Waals surface area contributed by atoms with E-state index in [1.165, 1.54) is 6.07 Å². The number of hydrogen-bond acceptors (Lipinski definition) is 3. The number of nitrogens with zero attached hydrogens (tertiary/aromatic N) is 2. The van der Waals surface area contributed by atoms with E-state index in [4.69, 9.17) is 4.52 Å². The lowest BCUT2D eigenvalue weighted by Gasteiger charge is -2.23. The van der Waals surface area contributed by atoms with Gasteiger partial charge in [0, 0.05) is 19.0 Å². The Bertz CT molecular complexity index is 683. The van der Waals surface area contributed by atoms with Crippen molar-refractivity contribution < 1.29 is 13.7 Å². The van der Waals surface area contributed by atoms with Gasteiger partial charge in [-0.15, -0.1) is 0 Å². The zero-order valence-corrected chi connectivity index (χ0v) is 13.3. The average Bonchev–Trinajstić information content (AvgIpc) is 3.18. The first kappa shape index (κ1) is 15.7. The summed E-state index contributed by atoms with van der Waals surface area (Å²) in [6.07, 6.45) is 3.74. The summed E-state index contributed by atoms with van der Waals surface area (Å²) in [5, 5.41) is 4.13. The van der Waals surface area contributed by atoms with Gasteiger partial charge in [0.1, 0.15) is 17.3 Å². The van der Waals surface area contributed by atoms with E-state index < -0.39 is 0 Å². The number of rotatable bonds is 5. The highest BCUT2D eigenvalue weighted by Crippen LogP contribution is 2.32. The molecule has 1 aromatic heterocycles. The van der Waals surface area contributed by atoms with Crippen molar-refractivity contribution in [2.75, 3.05) is 6.54 Å². The molecule has 1 aliphatic heterocycles. The Balaban J connectivity index is 1.73. The molecule has 0 N–H and O–H groups in total. The first-order chi connectivity index (χ1) is 11.2.